The first kappa shape index (κ1) is 19.6. The zero-order valence-corrected chi connectivity index (χ0v) is 18.0. The van der Waals surface area contributed by atoms with E-state index < -0.39 is 0 Å². The number of tetrazole rings is 1. The van der Waals surface area contributed by atoms with Crippen LogP contribution in [0.15, 0.2) is 48.5 Å². The highest BCUT2D eigenvalue weighted by molar-refractivity contribution is 5.47. The molecule has 1 aliphatic rings. The molecule has 152 valence electrons. The zero-order valence-electron chi connectivity index (χ0n) is 18.0. The number of hydrogen-bond acceptors (Lipinski definition) is 5. The van der Waals surface area contributed by atoms with E-state index in [0.29, 0.717) is 0 Å². The molecule has 0 saturated heterocycles. The van der Waals surface area contributed by atoms with Crippen molar-refractivity contribution in [2.45, 2.75) is 45.3 Å². The van der Waals surface area contributed by atoms with E-state index in [2.05, 4.69) is 109 Å². The van der Waals surface area contributed by atoms with Gasteiger partial charge in [-0.1, -0.05) is 36.4 Å². The highest BCUT2D eigenvalue weighted by atomic mass is 15.6. The molecule has 2 heterocycles. The van der Waals surface area contributed by atoms with E-state index in [-0.39, 0.29) is 11.6 Å². The lowest BCUT2D eigenvalue weighted by atomic mass is 9.95. The summed E-state index contributed by atoms with van der Waals surface area (Å²) >= 11 is 0. The molecule has 4 rings (SSSR count). The molecule has 0 aliphatic carbocycles. The van der Waals surface area contributed by atoms with Gasteiger partial charge in [-0.2, -0.15) is 0 Å². The Morgan fingerprint density at radius 3 is 2.31 bits per heavy atom. The Bertz CT molecular complexity index is 968. The van der Waals surface area contributed by atoms with Gasteiger partial charge in [0.2, 0.25) is 0 Å². The number of aromatic nitrogens is 4. The Hall–Kier alpha value is -2.73. The summed E-state index contributed by atoms with van der Waals surface area (Å²) in [6.45, 7) is 8.31. The van der Waals surface area contributed by atoms with Crippen LogP contribution < -0.4 is 4.90 Å². The third-order valence-electron chi connectivity index (χ3n) is 5.62. The normalized spacial score (nSPS) is 15.8. The molecule has 0 bridgehead atoms. The van der Waals surface area contributed by atoms with Gasteiger partial charge in [0, 0.05) is 32.9 Å². The van der Waals surface area contributed by atoms with Gasteiger partial charge >= 0.3 is 0 Å². The number of benzene rings is 2. The number of fused-ring (bicyclic) bond motifs is 1. The van der Waals surface area contributed by atoms with Gasteiger partial charge in [0.1, 0.15) is 0 Å². The van der Waals surface area contributed by atoms with Crippen molar-refractivity contribution in [2.24, 2.45) is 0 Å². The molecule has 0 N–H and O–H groups in total. The standard InChI is InChI=1S/C23H30N6/c1-23(2,3)29-22(24-25-26-29)21(18-10-12-20(13-11-18)27(4)5)28-15-14-17-8-6-7-9-19(17)16-28/h6-13,21H,14-16H2,1-5H3/t21-/m0/s1. The maximum atomic E-state index is 4.50. The van der Waals surface area contributed by atoms with Gasteiger partial charge in [0.25, 0.3) is 0 Å². The molecule has 6 nitrogen and oxygen atoms in total. The summed E-state index contributed by atoms with van der Waals surface area (Å²) in [5.41, 5.74) is 5.06. The van der Waals surface area contributed by atoms with Gasteiger partial charge in [-0.3, -0.25) is 4.90 Å². The van der Waals surface area contributed by atoms with Crippen molar-refractivity contribution >= 4 is 5.69 Å². The van der Waals surface area contributed by atoms with Crippen LogP contribution in [0.2, 0.25) is 0 Å². The van der Waals surface area contributed by atoms with Crippen molar-refractivity contribution in [3.63, 3.8) is 0 Å². The fourth-order valence-electron chi connectivity index (χ4n) is 4.06. The fourth-order valence-corrected chi connectivity index (χ4v) is 4.06. The van der Waals surface area contributed by atoms with Gasteiger partial charge in [-0.25, -0.2) is 4.68 Å². The van der Waals surface area contributed by atoms with Gasteiger partial charge < -0.3 is 4.90 Å². The van der Waals surface area contributed by atoms with E-state index in [0.717, 1.165) is 25.3 Å². The van der Waals surface area contributed by atoms with E-state index in [1.54, 1.807) is 0 Å². The van der Waals surface area contributed by atoms with Crippen molar-refractivity contribution in [1.29, 1.82) is 0 Å². The van der Waals surface area contributed by atoms with Crippen molar-refractivity contribution < 1.29 is 0 Å². The first-order valence-electron chi connectivity index (χ1n) is 10.2. The summed E-state index contributed by atoms with van der Waals surface area (Å²) in [5, 5.41) is 12.9. The van der Waals surface area contributed by atoms with E-state index in [4.69, 9.17) is 0 Å². The summed E-state index contributed by atoms with van der Waals surface area (Å²) in [4.78, 5) is 4.62. The Morgan fingerprint density at radius 2 is 1.66 bits per heavy atom. The van der Waals surface area contributed by atoms with Crippen LogP contribution in [0, 0.1) is 0 Å². The first-order chi connectivity index (χ1) is 13.8. The van der Waals surface area contributed by atoms with Crippen LogP contribution in [-0.2, 0) is 18.5 Å². The predicted octanol–water partition coefficient (Wildman–Crippen LogP) is 3.64. The number of hydrogen-bond donors (Lipinski definition) is 0. The van der Waals surface area contributed by atoms with Crippen LogP contribution in [0.3, 0.4) is 0 Å². The van der Waals surface area contributed by atoms with E-state index >= 15 is 0 Å². The van der Waals surface area contributed by atoms with Gasteiger partial charge in [0.15, 0.2) is 5.82 Å². The van der Waals surface area contributed by atoms with Gasteiger partial charge in [0.05, 0.1) is 11.6 Å². The second-order valence-electron chi connectivity index (χ2n) is 9.00. The van der Waals surface area contributed by atoms with Crippen LogP contribution in [0.1, 0.15) is 49.3 Å². The summed E-state index contributed by atoms with van der Waals surface area (Å²) in [7, 11) is 4.13. The molecule has 0 saturated carbocycles. The zero-order chi connectivity index (χ0) is 20.6. The SMILES string of the molecule is CN(C)c1ccc([C@@H](c2nnnn2C(C)(C)C)N2CCc3ccccc3C2)cc1. The molecular weight excluding hydrogens is 360 g/mol. The molecule has 1 atom stereocenters. The summed E-state index contributed by atoms with van der Waals surface area (Å²) < 4.78 is 1.97. The summed E-state index contributed by atoms with van der Waals surface area (Å²) in [6.07, 6.45) is 1.04. The summed E-state index contributed by atoms with van der Waals surface area (Å²) in [6, 6.07) is 17.5. The van der Waals surface area contributed by atoms with Gasteiger partial charge in [-0.05, 0) is 66.4 Å². The van der Waals surface area contributed by atoms with E-state index in [9.17, 15) is 0 Å². The van der Waals surface area contributed by atoms with E-state index in [1.165, 1.54) is 22.4 Å². The topological polar surface area (TPSA) is 50.1 Å². The third kappa shape index (κ3) is 3.90. The van der Waals surface area contributed by atoms with Crippen molar-refractivity contribution in [3.8, 4) is 0 Å². The molecule has 29 heavy (non-hydrogen) atoms. The quantitative estimate of drug-likeness (QED) is 0.681. The summed E-state index contributed by atoms with van der Waals surface area (Å²) in [5.74, 6) is 0.898. The molecule has 2 aromatic carbocycles. The monoisotopic (exact) mass is 390 g/mol. The minimum absolute atomic E-state index is 0.00814. The fraction of sp³-hybridized carbons (Fsp3) is 0.435. The second kappa shape index (κ2) is 7.59. The van der Waals surface area contributed by atoms with Crippen molar-refractivity contribution in [3.05, 3.63) is 71.0 Å². The lowest BCUT2D eigenvalue weighted by Gasteiger charge is -2.36. The number of rotatable bonds is 4. The van der Waals surface area contributed by atoms with Crippen LogP contribution in [0.5, 0.6) is 0 Å². The molecule has 0 unspecified atom stereocenters. The van der Waals surface area contributed by atoms with Crippen LogP contribution >= 0.6 is 0 Å². The molecule has 0 spiro atoms. The Labute approximate surface area is 173 Å². The maximum Gasteiger partial charge on any atom is 0.173 e. The Balaban J connectivity index is 1.77. The average Bonchev–Trinajstić information content (AvgIpc) is 3.18. The molecule has 3 aromatic rings. The highest BCUT2D eigenvalue weighted by Gasteiger charge is 2.33. The van der Waals surface area contributed by atoms with Crippen LogP contribution in [0.25, 0.3) is 0 Å². The molecule has 0 amide bonds. The lowest BCUT2D eigenvalue weighted by molar-refractivity contribution is 0.185. The molecule has 1 aliphatic heterocycles. The predicted molar refractivity (Wildman–Crippen MR) is 116 cm³/mol. The second-order valence-corrected chi connectivity index (χ2v) is 9.00. The lowest BCUT2D eigenvalue weighted by Crippen LogP contribution is -2.38. The van der Waals surface area contributed by atoms with E-state index in [1.807, 2.05) is 4.68 Å². The highest BCUT2D eigenvalue weighted by Crippen LogP contribution is 2.34. The molecule has 0 radical (unpaired) electrons. The molecule has 1 aromatic heterocycles. The molecular formula is C23H30N6. The Morgan fingerprint density at radius 1 is 0.966 bits per heavy atom. The van der Waals surface area contributed by atoms with Crippen molar-refractivity contribution in [2.75, 3.05) is 25.5 Å². The van der Waals surface area contributed by atoms with Crippen LogP contribution in [0.4, 0.5) is 5.69 Å². The Kier molecular flexibility index (Phi) is 5.13. The largest absolute Gasteiger partial charge is 0.378 e. The van der Waals surface area contributed by atoms with Gasteiger partial charge in [-0.15, -0.1) is 5.10 Å². The average molecular weight is 391 g/mol. The first-order valence-corrected chi connectivity index (χ1v) is 10.2. The maximum absolute atomic E-state index is 4.50. The molecule has 0 fully saturated rings. The molecule has 6 heteroatoms. The number of anilines is 1. The van der Waals surface area contributed by atoms with Crippen LogP contribution in [-0.4, -0.2) is 45.7 Å². The van der Waals surface area contributed by atoms with Crippen molar-refractivity contribution in [1.82, 2.24) is 25.1 Å². The smallest absolute Gasteiger partial charge is 0.173 e. The number of nitrogens with zero attached hydrogens (tertiary/aromatic N) is 6. The minimum atomic E-state index is -0.186. The third-order valence-corrected chi connectivity index (χ3v) is 5.62. The minimum Gasteiger partial charge on any atom is -0.378 e.